The summed E-state index contributed by atoms with van der Waals surface area (Å²) in [7, 11) is 0. The topological polar surface area (TPSA) is 75.2 Å². The van der Waals surface area contributed by atoms with E-state index in [1.807, 2.05) is 13.8 Å². The van der Waals surface area contributed by atoms with Crippen LogP contribution in [0.15, 0.2) is 6.07 Å². The smallest absolute Gasteiger partial charge is 0.252 e. The summed E-state index contributed by atoms with van der Waals surface area (Å²) in [5, 5.41) is 3.24. The first-order valence-corrected chi connectivity index (χ1v) is 6.40. The fourth-order valence-corrected chi connectivity index (χ4v) is 2.32. The van der Waals surface area contributed by atoms with Gasteiger partial charge in [-0.15, -0.1) is 0 Å². The summed E-state index contributed by atoms with van der Waals surface area (Å²) in [5.74, 6) is 0.559. The Labute approximate surface area is 116 Å². The maximum absolute atomic E-state index is 12.1. The predicted octanol–water partition coefficient (Wildman–Crippen LogP) is 1.39. The van der Waals surface area contributed by atoms with Crippen LogP contribution in [0.25, 0.3) is 0 Å². The summed E-state index contributed by atoms with van der Waals surface area (Å²) in [6.07, 6.45) is 0.137. The number of hydrogen-bond donors (Lipinski definition) is 1. The molecule has 6 nitrogen and oxygen atoms in total. The van der Waals surface area contributed by atoms with Crippen molar-refractivity contribution in [2.45, 2.75) is 39.3 Å². The summed E-state index contributed by atoms with van der Waals surface area (Å²) in [6, 6.07) is 0.812. The molecular formula is C12H15ClN4O2. The normalized spacial score (nSPS) is 19.4. The number of imide groups is 1. The summed E-state index contributed by atoms with van der Waals surface area (Å²) in [4.78, 5) is 33.2. The molecule has 102 valence electrons. The van der Waals surface area contributed by atoms with Gasteiger partial charge in [-0.25, -0.2) is 9.97 Å². The lowest BCUT2D eigenvalue weighted by Crippen LogP contribution is -2.39. The summed E-state index contributed by atoms with van der Waals surface area (Å²) >= 11 is 5.83. The van der Waals surface area contributed by atoms with Crippen molar-refractivity contribution in [3.8, 4) is 0 Å². The maximum Gasteiger partial charge on any atom is 0.252 e. The lowest BCUT2D eigenvalue weighted by Gasteiger charge is -2.19. The minimum Gasteiger partial charge on any atom is -0.358 e. The van der Waals surface area contributed by atoms with Crippen LogP contribution < -0.4 is 5.32 Å². The molecule has 0 aromatic carbocycles. The Hall–Kier alpha value is -1.69. The average Bonchev–Trinajstić information content (AvgIpc) is 2.52. The molecule has 7 heteroatoms. The standard InChI is InChI=1S/C12H15ClN4O2/c1-6(2)17-11(18)4-8(12(17)19)16-10-5-9(13)14-7(3)15-10/h5-6,8H,4H2,1-3H3,(H,14,15,16)/t8-/m0/s1. The molecule has 0 saturated carbocycles. The van der Waals surface area contributed by atoms with E-state index in [0.717, 1.165) is 0 Å². The Morgan fingerprint density at radius 1 is 1.42 bits per heavy atom. The van der Waals surface area contributed by atoms with Crippen LogP contribution in [0, 0.1) is 6.92 Å². The van der Waals surface area contributed by atoms with E-state index in [0.29, 0.717) is 16.8 Å². The van der Waals surface area contributed by atoms with Crippen molar-refractivity contribution >= 4 is 29.2 Å². The number of nitrogens with one attached hydrogen (secondary N) is 1. The van der Waals surface area contributed by atoms with E-state index >= 15 is 0 Å². The molecule has 2 amide bonds. The third-order valence-corrected chi connectivity index (χ3v) is 3.02. The highest BCUT2D eigenvalue weighted by molar-refractivity contribution is 6.29. The molecule has 1 aromatic heterocycles. The van der Waals surface area contributed by atoms with E-state index in [4.69, 9.17) is 11.6 Å². The highest BCUT2D eigenvalue weighted by atomic mass is 35.5. The molecule has 1 aliphatic heterocycles. The van der Waals surface area contributed by atoms with Gasteiger partial charge < -0.3 is 5.32 Å². The lowest BCUT2D eigenvalue weighted by molar-refractivity contribution is -0.140. The first kappa shape index (κ1) is 13.7. The summed E-state index contributed by atoms with van der Waals surface area (Å²) < 4.78 is 0. The molecule has 1 atom stereocenters. The van der Waals surface area contributed by atoms with Crippen molar-refractivity contribution < 1.29 is 9.59 Å². The van der Waals surface area contributed by atoms with Gasteiger partial charge in [0.05, 0.1) is 6.42 Å². The van der Waals surface area contributed by atoms with Gasteiger partial charge in [0.2, 0.25) is 5.91 Å². The number of amides is 2. The van der Waals surface area contributed by atoms with Crippen LogP contribution in [0.3, 0.4) is 0 Å². The number of nitrogens with zero attached hydrogens (tertiary/aromatic N) is 3. The van der Waals surface area contributed by atoms with Crippen molar-refractivity contribution in [1.29, 1.82) is 0 Å². The molecule has 1 saturated heterocycles. The van der Waals surface area contributed by atoms with Gasteiger partial charge in [0.1, 0.15) is 22.8 Å². The van der Waals surface area contributed by atoms with Crippen LogP contribution in [0.5, 0.6) is 0 Å². The Bertz CT molecular complexity index is 512. The number of halogens is 1. The number of hydrogen-bond acceptors (Lipinski definition) is 5. The van der Waals surface area contributed by atoms with Crippen LogP contribution in [-0.2, 0) is 9.59 Å². The van der Waals surface area contributed by atoms with Crippen LogP contribution in [0.4, 0.5) is 5.82 Å². The van der Waals surface area contributed by atoms with Gasteiger partial charge in [-0.05, 0) is 20.8 Å². The Balaban J connectivity index is 2.16. The van der Waals surface area contributed by atoms with Crippen molar-refractivity contribution in [3.05, 3.63) is 17.0 Å². The number of carbonyl (C=O) groups excluding carboxylic acids is 2. The molecule has 0 aliphatic carbocycles. The fraction of sp³-hybridized carbons (Fsp3) is 0.500. The van der Waals surface area contributed by atoms with Gasteiger partial charge in [-0.1, -0.05) is 11.6 Å². The van der Waals surface area contributed by atoms with Crippen molar-refractivity contribution in [2.24, 2.45) is 0 Å². The van der Waals surface area contributed by atoms with Gasteiger partial charge in [0.25, 0.3) is 5.91 Å². The number of carbonyl (C=O) groups is 2. The zero-order valence-electron chi connectivity index (χ0n) is 11.0. The zero-order chi connectivity index (χ0) is 14.2. The highest BCUT2D eigenvalue weighted by Crippen LogP contribution is 2.20. The average molecular weight is 283 g/mol. The van der Waals surface area contributed by atoms with Gasteiger partial charge in [-0.3, -0.25) is 14.5 Å². The fourth-order valence-electron chi connectivity index (χ4n) is 2.09. The number of aromatic nitrogens is 2. The third-order valence-electron chi connectivity index (χ3n) is 2.83. The van der Waals surface area contributed by atoms with Crippen LogP contribution in [0.1, 0.15) is 26.1 Å². The molecule has 0 unspecified atom stereocenters. The van der Waals surface area contributed by atoms with Crippen LogP contribution in [0.2, 0.25) is 5.15 Å². The van der Waals surface area contributed by atoms with Gasteiger partial charge in [0, 0.05) is 12.1 Å². The number of rotatable bonds is 3. The largest absolute Gasteiger partial charge is 0.358 e. The van der Waals surface area contributed by atoms with E-state index in [2.05, 4.69) is 15.3 Å². The predicted molar refractivity (Wildman–Crippen MR) is 70.8 cm³/mol. The first-order chi connectivity index (χ1) is 8.88. The van der Waals surface area contributed by atoms with E-state index in [9.17, 15) is 9.59 Å². The Morgan fingerprint density at radius 2 is 2.11 bits per heavy atom. The molecular weight excluding hydrogens is 268 g/mol. The van der Waals surface area contributed by atoms with E-state index in [1.54, 1.807) is 6.92 Å². The second kappa shape index (κ2) is 5.13. The van der Waals surface area contributed by atoms with Gasteiger partial charge in [-0.2, -0.15) is 0 Å². The van der Waals surface area contributed by atoms with E-state index < -0.39 is 6.04 Å². The second-order valence-corrected chi connectivity index (χ2v) is 5.11. The maximum atomic E-state index is 12.1. The number of likely N-dealkylation sites (tertiary alicyclic amines) is 1. The quantitative estimate of drug-likeness (QED) is 0.670. The Kier molecular flexibility index (Phi) is 3.71. The van der Waals surface area contributed by atoms with Crippen molar-refractivity contribution in [1.82, 2.24) is 14.9 Å². The molecule has 0 bridgehead atoms. The molecule has 2 heterocycles. The molecule has 1 aliphatic rings. The minimum absolute atomic E-state index is 0.137. The highest BCUT2D eigenvalue weighted by Gasteiger charge is 2.40. The molecule has 1 fully saturated rings. The SMILES string of the molecule is Cc1nc(Cl)cc(N[C@H]2CC(=O)N(C(C)C)C2=O)n1. The minimum atomic E-state index is -0.583. The van der Waals surface area contributed by atoms with Gasteiger partial charge >= 0.3 is 0 Å². The molecule has 0 spiro atoms. The van der Waals surface area contributed by atoms with Crippen LogP contribution >= 0.6 is 11.6 Å². The summed E-state index contributed by atoms with van der Waals surface area (Å²) in [5.41, 5.74) is 0. The number of aryl methyl sites for hydroxylation is 1. The van der Waals surface area contributed by atoms with Crippen molar-refractivity contribution in [2.75, 3.05) is 5.32 Å². The van der Waals surface area contributed by atoms with E-state index in [-0.39, 0.29) is 24.3 Å². The molecule has 1 N–H and O–H groups in total. The molecule has 0 radical (unpaired) electrons. The zero-order valence-corrected chi connectivity index (χ0v) is 11.7. The van der Waals surface area contributed by atoms with Gasteiger partial charge in [0.15, 0.2) is 0 Å². The lowest BCUT2D eigenvalue weighted by atomic mass is 10.2. The van der Waals surface area contributed by atoms with Crippen molar-refractivity contribution in [3.63, 3.8) is 0 Å². The first-order valence-electron chi connectivity index (χ1n) is 6.02. The molecule has 1 aromatic rings. The summed E-state index contributed by atoms with van der Waals surface area (Å²) in [6.45, 7) is 5.33. The van der Waals surface area contributed by atoms with E-state index in [1.165, 1.54) is 11.0 Å². The van der Waals surface area contributed by atoms with Crippen LogP contribution in [-0.4, -0.2) is 38.8 Å². The third kappa shape index (κ3) is 2.84. The number of anilines is 1. The molecule has 19 heavy (non-hydrogen) atoms. The second-order valence-electron chi connectivity index (χ2n) is 4.72. The molecule has 2 rings (SSSR count). The monoisotopic (exact) mass is 282 g/mol. The Morgan fingerprint density at radius 3 is 2.63 bits per heavy atom.